The van der Waals surface area contributed by atoms with Crippen LogP contribution in [0.2, 0.25) is 0 Å². The van der Waals surface area contributed by atoms with Gasteiger partial charge in [-0.25, -0.2) is 4.79 Å². The van der Waals surface area contributed by atoms with Gasteiger partial charge in [-0.05, 0) is 50.5 Å². The molecule has 182 valence electrons. The molecule has 7 heteroatoms. The Labute approximate surface area is 205 Å². The Hall–Kier alpha value is -3.74. The van der Waals surface area contributed by atoms with Crippen LogP contribution < -0.4 is 5.32 Å². The smallest absolute Gasteiger partial charge is 0.408 e. The number of benzene rings is 2. The summed E-state index contributed by atoms with van der Waals surface area (Å²) in [5.74, 6) is -0.104. The maximum Gasteiger partial charge on any atom is 0.408 e. The summed E-state index contributed by atoms with van der Waals surface area (Å²) in [4.78, 5) is 31.8. The van der Waals surface area contributed by atoms with E-state index in [0.29, 0.717) is 19.5 Å². The monoisotopic (exact) mass is 472 g/mol. The highest BCUT2D eigenvalue weighted by Crippen LogP contribution is 2.28. The molecule has 1 atom stereocenters. The van der Waals surface area contributed by atoms with Gasteiger partial charge in [0, 0.05) is 53.7 Å². The van der Waals surface area contributed by atoms with Crippen LogP contribution >= 0.6 is 0 Å². The van der Waals surface area contributed by atoms with Crippen LogP contribution in [0.5, 0.6) is 0 Å². The molecule has 0 saturated carbocycles. The van der Waals surface area contributed by atoms with Crippen molar-refractivity contribution in [2.24, 2.45) is 7.05 Å². The molecule has 7 nitrogen and oxygen atoms in total. The molecule has 0 fully saturated rings. The van der Waals surface area contributed by atoms with E-state index in [-0.39, 0.29) is 5.91 Å². The van der Waals surface area contributed by atoms with E-state index < -0.39 is 17.7 Å². The highest BCUT2D eigenvalue weighted by molar-refractivity contribution is 5.90. The van der Waals surface area contributed by atoms with Crippen LogP contribution in [-0.4, -0.2) is 44.6 Å². The standard InChI is InChI=1S/C28H32N4O3/c1-28(2,3)35-27(34)30-23(15-18-16-31(4)25-12-8-6-9-19(18)25)26(33)32-14-13-21-20-10-5-7-11-22(20)29-24(21)17-32/h5-12,16,23,29H,13-15,17H2,1-4H3,(H,30,34). The first kappa shape index (κ1) is 23.0. The van der Waals surface area contributed by atoms with Gasteiger partial charge < -0.3 is 24.5 Å². The molecule has 5 rings (SSSR count). The van der Waals surface area contributed by atoms with Crippen LogP contribution in [0.3, 0.4) is 0 Å². The number of nitrogens with zero attached hydrogens (tertiary/aromatic N) is 2. The minimum absolute atomic E-state index is 0.104. The van der Waals surface area contributed by atoms with Gasteiger partial charge in [-0.2, -0.15) is 0 Å². The van der Waals surface area contributed by atoms with Crippen molar-refractivity contribution >= 4 is 33.8 Å². The van der Waals surface area contributed by atoms with Crippen LogP contribution in [0.15, 0.2) is 54.7 Å². The Bertz CT molecular complexity index is 1410. The molecule has 0 aliphatic carbocycles. The third-order valence-electron chi connectivity index (χ3n) is 6.59. The molecule has 1 aliphatic heterocycles. The number of carbonyl (C=O) groups excluding carboxylic acids is 2. The molecule has 0 spiro atoms. The number of rotatable bonds is 4. The summed E-state index contributed by atoms with van der Waals surface area (Å²) in [7, 11) is 1.99. The lowest BCUT2D eigenvalue weighted by Gasteiger charge is -2.31. The second kappa shape index (κ2) is 8.80. The minimum atomic E-state index is -0.735. The lowest BCUT2D eigenvalue weighted by atomic mass is 10.0. The van der Waals surface area contributed by atoms with E-state index >= 15 is 0 Å². The molecule has 0 bridgehead atoms. The second-order valence-electron chi connectivity index (χ2n) is 10.3. The number of hydrogen-bond acceptors (Lipinski definition) is 3. The van der Waals surface area contributed by atoms with Gasteiger partial charge in [0.25, 0.3) is 0 Å². The molecule has 4 aromatic rings. The number of ether oxygens (including phenoxy) is 1. The van der Waals surface area contributed by atoms with Crippen molar-refractivity contribution in [3.8, 4) is 0 Å². The Morgan fingerprint density at radius 3 is 2.57 bits per heavy atom. The fourth-order valence-corrected chi connectivity index (χ4v) is 5.06. The molecule has 3 heterocycles. The summed E-state index contributed by atoms with van der Waals surface area (Å²) < 4.78 is 7.55. The molecule has 1 aliphatic rings. The van der Waals surface area contributed by atoms with E-state index in [0.717, 1.165) is 34.1 Å². The third-order valence-corrected chi connectivity index (χ3v) is 6.59. The summed E-state index contributed by atoms with van der Waals surface area (Å²) in [6.45, 7) is 6.54. The predicted octanol–water partition coefficient (Wildman–Crippen LogP) is 4.68. The number of para-hydroxylation sites is 2. The van der Waals surface area contributed by atoms with Crippen LogP contribution in [-0.2, 0) is 36.0 Å². The zero-order chi connectivity index (χ0) is 24.7. The number of hydrogen-bond donors (Lipinski definition) is 2. The third kappa shape index (κ3) is 4.63. The number of aromatic amines is 1. The second-order valence-corrected chi connectivity index (χ2v) is 10.3. The fraction of sp³-hybridized carbons (Fsp3) is 0.357. The number of alkyl carbamates (subject to hydrolysis) is 1. The SMILES string of the molecule is Cn1cc(CC(NC(=O)OC(C)(C)C)C(=O)N2CCc3c([nH]c4ccccc34)C2)c2ccccc21. The van der Waals surface area contributed by atoms with Crippen molar-refractivity contribution < 1.29 is 14.3 Å². The minimum Gasteiger partial charge on any atom is -0.444 e. The fourth-order valence-electron chi connectivity index (χ4n) is 5.06. The van der Waals surface area contributed by atoms with E-state index in [9.17, 15) is 9.59 Å². The highest BCUT2D eigenvalue weighted by atomic mass is 16.6. The molecule has 0 radical (unpaired) electrons. The average Bonchev–Trinajstić information content (AvgIpc) is 3.34. The van der Waals surface area contributed by atoms with Crippen LogP contribution in [0, 0.1) is 0 Å². The maximum atomic E-state index is 13.8. The predicted molar refractivity (Wildman–Crippen MR) is 137 cm³/mol. The van der Waals surface area contributed by atoms with E-state index in [4.69, 9.17) is 4.74 Å². The number of amides is 2. The number of aromatic nitrogens is 2. The number of nitrogens with one attached hydrogen (secondary N) is 2. The van der Waals surface area contributed by atoms with Crippen molar-refractivity contribution in [2.45, 2.75) is 51.8 Å². The molecule has 2 N–H and O–H groups in total. The van der Waals surface area contributed by atoms with Gasteiger partial charge in [0.1, 0.15) is 11.6 Å². The van der Waals surface area contributed by atoms with Gasteiger partial charge in [0.15, 0.2) is 0 Å². The average molecular weight is 473 g/mol. The Kier molecular flexibility index (Phi) is 5.79. The van der Waals surface area contributed by atoms with E-state index in [1.54, 1.807) is 0 Å². The quantitative estimate of drug-likeness (QED) is 0.453. The molecule has 2 amide bonds. The van der Waals surface area contributed by atoms with E-state index in [2.05, 4.69) is 39.1 Å². The molecule has 2 aromatic heterocycles. The largest absolute Gasteiger partial charge is 0.444 e. The van der Waals surface area contributed by atoms with Gasteiger partial charge in [0.05, 0.1) is 6.54 Å². The van der Waals surface area contributed by atoms with Gasteiger partial charge in [-0.3, -0.25) is 4.79 Å². The molecule has 1 unspecified atom stereocenters. The first-order valence-corrected chi connectivity index (χ1v) is 12.1. The van der Waals surface area contributed by atoms with Crippen LogP contribution in [0.1, 0.15) is 37.6 Å². The van der Waals surface area contributed by atoms with Crippen LogP contribution in [0.25, 0.3) is 21.8 Å². The molecule has 2 aromatic carbocycles. The summed E-state index contributed by atoms with van der Waals surface area (Å²) in [5, 5.41) is 5.17. The van der Waals surface area contributed by atoms with Crippen molar-refractivity contribution in [3.63, 3.8) is 0 Å². The molecular weight excluding hydrogens is 440 g/mol. The number of fused-ring (bicyclic) bond motifs is 4. The highest BCUT2D eigenvalue weighted by Gasteiger charge is 2.32. The number of H-pyrrole nitrogens is 1. The van der Waals surface area contributed by atoms with Crippen molar-refractivity contribution in [1.82, 2.24) is 19.8 Å². The molecule has 0 saturated heterocycles. The van der Waals surface area contributed by atoms with Crippen molar-refractivity contribution in [3.05, 3.63) is 71.5 Å². The zero-order valence-corrected chi connectivity index (χ0v) is 20.7. The Balaban J connectivity index is 1.42. The first-order chi connectivity index (χ1) is 16.7. The number of aryl methyl sites for hydroxylation is 1. The summed E-state index contributed by atoms with van der Waals surface area (Å²) >= 11 is 0. The van der Waals surface area contributed by atoms with Gasteiger partial charge in [-0.15, -0.1) is 0 Å². The van der Waals surface area contributed by atoms with Gasteiger partial charge in [0.2, 0.25) is 5.91 Å². The normalized spacial score (nSPS) is 14.7. The first-order valence-electron chi connectivity index (χ1n) is 12.1. The van der Waals surface area contributed by atoms with Crippen molar-refractivity contribution in [2.75, 3.05) is 6.54 Å². The maximum absolute atomic E-state index is 13.8. The lowest BCUT2D eigenvalue weighted by molar-refractivity contribution is -0.134. The summed E-state index contributed by atoms with van der Waals surface area (Å²) in [5.41, 5.74) is 4.88. The summed E-state index contributed by atoms with van der Waals surface area (Å²) in [6.07, 6.45) is 2.61. The molecule has 35 heavy (non-hydrogen) atoms. The van der Waals surface area contributed by atoms with Gasteiger partial charge in [-0.1, -0.05) is 36.4 Å². The van der Waals surface area contributed by atoms with E-state index in [1.165, 1.54) is 10.9 Å². The molecular formula is C28H32N4O3. The van der Waals surface area contributed by atoms with E-state index in [1.807, 2.05) is 63.2 Å². The topological polar surface area (TPSA) is 79.4 Å². The lowest BCUT2D eigenvalue weighted by Crippen LogP contribution is -2.51. The Morgan fingerprint density at radius 2 is 1.80 bits per heavy atom. The van der Waals surface area contributed by atoms with Crippen molar-refractivity contribution in [1.29, 1.82) is 0 Å². The number of carbonyl (C=O) groups is 2. The van der Waals surface area contributed by atoms with Crippen LogP contribution in [0.4, 0.5) is 4.79 Å². The Morgan fingerprint density at radius 1 is 1.09 bits per heavy atom. The summed E-state index contributed by atoms with van der Waals surface area (Å²) in [6, 6.07) is 15.6. The zero-order valence-electron chi connectivity index (χ0n) is 20.7. The van der Waals surface area contributed by atoms with Gasteiger partial charge >= 0.3 is 6.09 Å².